The maximum Gasteiger partial charge on any atom is 0.0342 e. The molecule has 92 valence electrons. The molecular formula is C15H22N2. The lowest BCUT2D eigenvalue weighted by Gasteiger charge is -2.42. The Kier molecular flexibility index (Phi) is 3.32. The zero-order chi connectivity index (χ0) is 11.5. The summed E-state index contributed by atoms with van der Waals surface area (Å²) in [6, 6.07) is 12.1. The van der Waals surface area contributed by atoms with E-state index in [0.717, 1.165) is 12.0 Å². The molecule has 1 aromatic carbocycles. The van der Waals surface area contributed by atoms with Gasteiger partial charge in [-0.1, -0.05) is 31.0 Å². The molecule has 2 nitrogen and oxygen atoms in total. The van der Waals surface area contributed by atoms with Gasteiger partial charge in [0.05, 0.1) is 0 Å². The third-order valence-corrected chi connectivity index (χ3v) is 4.32. The lowest BCUT2D eigenvalue weighted by atomic mass is 9.76. The van der Waals surface area contributed by atoms with E-state index >= 15 is 0 Å². The molecule has 0 aromatic heterocycles. The lowest BCUT2D eigenvalue weighted by molar-refractivity contribution is 0.194. The zero-order valence-electron chi connectivity index (χ0n) is 10.4. The normalized spacial score (nSPS) is 32.8. The van der Waals surface area contributed by atoms with Crippen LogP contribution in [0, 0.1) is 5.92 Å². The summed E-state index contributed by atoms with van der Waals surface area (Å²) in [5.41, 5.74) is 1.28. The first-order valence-electron chi connectivity index (χ1n) is 6.98. The van der Waals surface area contributed by atoms with E-state index in [1.165, 1.54) is 44.3 Å². The van der Waals surface area contributed by atoms with Gasteiger partial charge in [-0.2, -0.15) is 0 Å². The van der Waals surface area contributed by atoms with E-state index in [-0.39, 0.29) is 0 Å². The van der Waals surface area contributed by atoms with E-state index in [1.54, 1.807) is 0 Å². The van der Waals surface area contributed by atoms with Gasteiger partial charge in [0.2, 0.25) is 0 Å². The van der Waals surface area contributed by atoms with Crippen LogP contribution in [0.3, 0.4) is 0 Å². The zero-order valence-corrected chi connectivity index (χ0v) is 10.4. The van der Waals surface area contributed by atoms with Crippen LogP contribution in [0.5, 0.6) is 0 Å². The number of fused-ring (bicyclic) bond motifs is 1. The molecule has 2 fully saturated rings. The second kappa shape index (κ2) is 5.09. The fraction of sp³-hybridized carbons (Fsp3) is 0.600. The van der Waals surface area contributed by atoms with Crippen molar-refractivity contribution in [2.45, 2.75) is 44.2 Å². The van der Waals surface area contributed by atoms with Gasteiger partial charge in [0.15, 0.2) is 0 Å². The van der Waals surface area contributed by atoms with Crippen LogP contribution in [0.4, 0.5) is 5.69 Å². The van der Waals surface area contributed by atoms with Crippen molar-refractivity contribution in [1.29, 1.82) is 0 Å². The van der Waals surface area contributed by atoms with Crippen molar-refractivity contribution >= 4 is 5.69 Å². The Morgan fingerprint density at radius 1 is 1.00 bits per heavy atom. The minimum Gasteiger partial charge on any atom is -0.382 e. The van der Waals surface area contributed by atoms with Gasteiger partial charge in [-0.05, 0) is 43.9 Å². The van der Waals surface area contributed by atoms with Crippen LogP contribution in [-0.2, 0) is 0 Å². The van der Waals surface area contributed by atoms with E-state index in [2.05, 4.69) is 41.0 Å². The molecule has 3 rings (SSSR count). The van der Waals surface area contributed by atoms with Gasteiger partial charge in [0.1, 0.15) is 0 Å². The number of benzene rings is 1. The maximum absolute atomic E-state index is 3.74. The highest BCUT2D eigenvalue weighted by Crippen LogP contribution is 2.32. The molecule has 2 aliphatic rings. The van der Waals surface area contributed by atoms with E-state index in [9.17, 15) is 0 Å². The molecule has 1 heterocycles. The average Bonchev–Trinajstić information content (AvgIpc) is 2.40. The third-order valence-electron chi connectivity index (χ3n) is 4.32. The predicted molar refractivity (Wildman–Crippen MR) is 72.2 cm³/mol. The van der Waals surface area contributed by atoms with Crippen LogP contribution in [0.1, 0.15) is 32.1 Å². The minimum atomic E-state index is 0.670. The Bertz CT molecular complexity index is 347. The molecule has 0 amide bonds. The first kappa shape index (κ1) is 11.1. The van der Waals surface area contributed by atoms with Crippen molar-refractivity contribution in [2.75, 3.05) is 11.9 Å². The van der Waals surface area contributed by atoms with Crippen LogP contribution < -0.4 is 10.6 Å². The van der Waals surface area contributed by atoms with Gasteiger partial charge in [-0.3, -0.25) is 0 Å². The highest BCUT2D eigenvalue weighted by atomic mass is 15.0. The van der Waals surface area contributed by atoms with Gasteiger partial charge >= 0.3 is 0 Å². The second-order valence-electron chi connectivity index (χ2n) is 5.41. The van der Waals surface area contributed by atoms with Crippen LogP contribution in [0.2, 0.25) is 0 Å². The van der Waals surface area contributed by atoms with Crippen molar-refractivity contribution in [1.82, 2.24) is 5.32 Å². The van der Waals surface area contributed by atoms with Crippen molar-refractivity contribution in [3.8, 4) is 0 Å². The highest BCUT2D eigenvalue weighted by Gasteiger charge is 2.34. The number of para-hydroxylation sites is 1. The smallest absolute Gasteiger partial charge is 0.0342 e. The van der Waals surface area contributed by atoms with E-state index < -0.39 is 0 Å². The van der Waals surface area contributed by atoms with E-state index in [0.29, 0.717) is 6.04 Å². The molecule has 2 N–H and O–H groups in total. The van der Waals surface area contributed by atoms with Crippen molar-refractivity contribution in [3.63, 3.8) is 0 Å². The topological polar surface area (TPSA) is 24.1 Å². The Morgan fingerprint density at radius 2 is 1.82 bits per heavy atom. The van der Waals surface area contributed by atoms with Crippen LogP contribution in [0.15, 0.2) is 30.3 Å². The average molecular weight is 230 g/mol. The SMILES string of the molecule is c1ccc(N[C@H]2CCNC3CCCC[C@H]32)cc1. The summed E-state index contributed by atoms with van der Waals surface area (Å²) >= 11 is 0. The molecule has 1 aliphatic carbocycles. The monoisotopic (exact) mass is 230 g/mol. The Balaban J connectivity index is 1.69. The summed E-state index contributed by atoms with van der Waals surface area (Å²) in [5.74, 6) is 0.831. The summed E-state index contributed by atoms with van der Waals surface area (Å²) < 4.78 is 0. The Hall–Kier alpha value is -1.02. The Morgan fingerprint density at radius 3 is 2.71 bits per heavy atom. The standard InChI is InChI=1S/C15H22N2/c1-2-6-12(7-3-1)17-15-10-11-16-14-9-5-4-8-13(14)15/h1-3,6-7,13-17H,4-5,8-11H2/t13-,14?,15+/m1/s1. The Labute approximate surface area is 104 Å². The number of nitrogens with one attached hydrogen (secondary N) is 2. The van der Waals surface area contributed by atoms with E-state index in [4.69, 9.17) is 0 Å². The fourth-order valence-corrected chi connectivity index (χ4v) is 3.46. The summed E-state index contributed by atoms with van der Waals surface area (Å²) in [5, 5.41) is 7.44. The first-order valence-corrected chi connectivity index (χ1v) is 6.98. The number of hydrogen-bond donors (Lipinski definition) is 2. The first-order chi connectivity index (χ1) is 8.43. The minimum absolute atomic E-state index is 0.670. The third kappa shape index (κ3) is 2.47. The lowest BCUT2D eigenvalue weighted by Crippen LogP contribution is -2.52. The van der Waals surface area contributed by atoms with Gasteiger partial charge < -0.3 is 10.6 Å². The molecular weight excluding hydrogens is 208 g/mol. The largest absolute Gasteiger partial charge is 0.382 e. The summed E-state index contributed by atoms with van der Waals surface area (Å²) in [6.07, 6.45) is 6.85. The molecule has 1 aromatic rings. The van der Waals surface area contributed by atoms with Gasteiger partial charge in [-0.25, -0.2) is 0 Å². The number of anilines is 1. The highest BCUT2D eigenvalue weighted by molar-refractivity contribution is 5.43. The van der Waals surface area contributed by atoms with E-state index in [1.807, 2.05) is 0 Å². The molecule has 0 spiro atoms. The number of rotatable bonds is 2. The van der Waals surface area contributed by atoms with Crippen LogP contribution >= 0.6 is 0 Å². The quantitative estimate of drug-likeness (QED) is 0.816. The summed E-state index contributed by atoms with van der Waals surface area (Å²) in [4.78, 5) is 0. The predicted octanol–water partition coefficient (Wildman–Crippen LogP) is 3.02. The molecule has 1 saturated carbocycles. The molecule has 17 heavy (non-hydrogen) atoms. The van der Waals surface area contributed by atoms with Crippen LogP contribution in [0.25, 0.3) is 0 Å². The summed E-state index contributed by atoms with van der Waals surface area (Å²) in [6.45, 7) is 1.17. The molecule has 3 atom stereocenters. The maximum atomic E-state index is 3.74. The number of hydrogen-bond acceptors (Lipinski definition) is 2. The molecule has 2 heteroatoms. The fourth-order valence-electron chi connectivity index (χ4n) is 3.46. The molecule has 1 unspecified atom stereocenters. The summed E-state index contributed by atoms with van der Waals surface area (Å²) in [7, 11) is 0. The van der Waals surface area contributed by atoms with Gasteiger partial charge in [0, 0.05) is 17.8 Å². The molecule has 1 aliphatic heterocycles. The number of piperidine rings is 1. The molecule has 1 saturated heterocycles. The van der Waals surface area contributed by atoms with Crippen molar-refractivity contribution in [2.24, 2.45) is 5.92 Å². The van der Waals surface area contributed by atoms with Gasteiger partial charge in [-0.15, -0.1) is 0 Å². The molecule has 0 radical (unpaired) electrons. The second-order valence-corrected chi connectivity index (χ2v) is 5.41. The molecule has 0 bridgehead atoms. The van der Waals surface area contributed by atoms with Gasteiger partial charge in [0.25, 0.3) is 0 Å². The van der Waals surface area contributed by atoms with Crippen LogP contribution in [-0.4, -0.2) is 18.6 Å². The van der Waals surface area contributed by atoms with Crippen molar-refractivity contribution in [3.05, 3.63) is 30.3 Å². The van der Waals surface area contributed by atoms with Crippen molar-refractivity contribution < 1.29 is 0 Å².